The summed E-state index contributed by atoms with van der Waals surface area (Å²) in [7, 11) is 0. The smallest absolute Gasteiger partial charge is 0.236 e. The summed E-state index contributed by atoms with van der Waals surface area (Å²) in [6.07, 6.45) is 4.92. The van der Waals surface area contributed by atoms with Crippen molar-refractivity contribution in [1.29, 1.82) is 0 Å². The Morgan fingerprint density at radius 3 is 2.83 bits per heavy atom. The van der Waals surface area contributed by atoms with Crippen LogP contribution in [0.1, 0.15) is 39.5 Å². The van der Waals surface area contributed by atoms with Gasteiger partial charge in [-0.1, -0.05) is 6.92 Å². The molecule has 1 aliphatic heterocycles. The number of unbranched alkanes of at least 4 members (excludes halogenated alkanes) is 1. The number of nitrogens with two attached hydrogens (primary N) is 1. The number of piperidine rings is 1. The van der Waals surface area contributed by atoms with Gasteiger partial charge in [0.1, 0.15) is 0 Å². The molecule has 0 spiro atoms. The molecule has 1 aliphatic rings. The second-order valence-corrected chi connectivity index (χ2v) is 5.33. The Labute approximate surface area is 117 Å². The molecule has 108 valence electrons. The van der Waals surface area contributed by atoms with Gasteiger partial charge in [-0.25, -0.2) is 0 Å². The van der Waals surface area contributed by atoms with Gasteiger partial charge in [0.25, 0.3) is 0 Å². The van der Waals surface area contributed by atoms with Crippen LogP contribution in [0.4, 0.5) is 0 Å². The van der Waals surface area contributed by atoms with Crippen LogP contribution in [-0.2, 0) is 4.79 Å². The van der Waals surface area contributed by atoms with Gasteiger partial charge >= 0.3 is 0 Å². The van der Waals surface area contributed by atoms with Crippen LogP contribution in [-0.4, -0.2) is 43.0 Å². The molecule has 0 bridgehead atoms. The van der Waals surface area contributed by atoms with Crippen molar-refractivity contribution >= 4 is 18.3 Å². The van der Waals surface area contributed by atoms with E-state index in [9.17, 15) is 4.79 Å². The van der Waals surface area contributed by atoms with E-state index >= 15 is 0 Å². The maximum Gasteiger partial charge on any atom is 0.236 e. The Hall–Kier alpha value is -0.320. The molecule has 0 radical (unpaired) electrons. The van der Waals surface area contributed by atoms with Crippen molar-refractivity contribution in [2.24, 2.45) is 11.7 Å². The lowest BCUT2D eigenvalue weighted by Gasteiger charge is -2.30. The van der Waals surface area contributed by atoms with Crippen molar-refractivity contribution in [2.45, 2.75) is 45.6 Å². The zero-order valence-electron chi connectivity index (χ0n) is 11.7. The van der Waals surface area contributed by atoms with Crippen molar-refractivity contribution in [2.75, 3.05) is 26.2 Å². The normalized spacial score (nSPS) is 22.1. The highest BCUT2D eigenvalue weighted by Crippen LogP contribution is 2.15. The lowest BCUT2D eigenvalue weighted by atomic mass is 10.0. The minimum Gasteiger partial charge on any atom is -0.355 e. The molecule has 3 N–H and O–H groups in total. The second kappa shape index (κ2) is 9.59. The summed E-state index contributed by atoms with van der Waals surface area (Å²) >= 11 is 0. The number of hydrogen-bond acceptors (Lipinski definition) is 3. The Kier molecular flexibility index (Phi) is 9.42. The van der Waals surface area contributed by atoms with Gasteiger partial charge in [-0.3, -0.25) is 4.79 Å². The monoisotopic (exact) mass is 277 g/mol. The quantitative estimate of drug-likeness (QED) is 0.722. The van der Waals surface area contributed by atoms with Crippen LogP contribution in [0.25, 0.3) is 0 Å². The lowest BCUT2D eigenvalue weighted by Crippen LogP contribution is -2.39. The predicted molar refractivity (Wildman–Crippen MR) is 78.0 cm³/mol. The van der Waals surface area contributed by atoms with Crippen LogP contribution in [0.5, 0.6) is 0 Å². The molecule has 0 saturated carbocycles. The number of amides is 1. The second-order valence-electron chi connectivity index (χ2n) is 5.33. The molecule has 0 aromatic rings. The average molecular weight is 278 g/mol. The molecule has 4 nitrogen and oxygen atoms in total. The van der Waals surface area contributed by atoms with Gasteiger partial charge in [0, 0.05) is 13.1 Å². The molecule has 2 atom stereocenters. The van der Waals surface area contributed by atoms with E-state index in [0.717, 1.165) is 25.3 Å². The fraction of sp³-hybridized carbons (Fsp3) is 0.923. The number of nitrogens with one attached hydrogen (secondary N) is 1. The molecular weight excluding hydrogens is 250 g/mol. The van der Waals surface area contributed by atoms with Crippen LogP contribution in [0, 0.1) is 5.92 Å². The van der Waals surface area contributed by atoms with Gasteiger partial charge in [0.05, 0.1) is 6.04 Å². The number of hydrogen-bond donors (Lipinski definition) is 2. The first-order valence-electron chi connectivity index (χ1n) is 6.85. The first kappa shape index (κ1) is 17.7. The fourth-order valence-corrected chi connectivity index (χ4v) is 2.32. The zero-order chi connectivity index (χ0) is 12.7. The number of likely N-dealkylation sites (tertiary alicyclic amines) is 1. The van der Waals surface area contributed by atoms with Gasteiger partial charge < -0.3 is 16.0 Å². The third-order valence-corrected chi connectivity index (χ3v) is 3.36. The van der Waals surface area contributed by atoms with Crippen molar-refractivity contribution in [3.63, 3.8) is 0 Å². The predicted octanol–water partition coefficient (Wildman–Crippen LogP) is 1.38. The molecule has 1 rings (SSSR count). The largest absolute Gasteiger partial charge is 0.355 e. The average Bonchev–Trinajstić information content (AvgIpc) is 2.28. The minimum absolute atomic E-state index is 0. The van der Waals surface area contributed by atoms with Crippen LogP contribution in [0.2, 0.25) is 0 Å². The molecule has 2 unspecified atom stereocenters. The Balaban J connectivity index is 0.00000289. The van der Waals surface area contributed by atoms with Gasteiger partial charge in [-0.2, -0.15) is 0 Å². The number of rotatable bonds is 6. The van der Waals surface area contributed by atoms with Crippen molar-refractivity contribution in [3.05, 3.63) is 0 Å². The summed E-state index contributed by atoms with van der Waals surface area (Å²) in [6.45, 7) is 8.45. The molecule has 1 fully saturated rings. The molecule has 0 aromatic heterocycles. The van der Waals surface area contributed by atoms with Gasteiger partial charge in [0.2, 0.25) is 5.91 Å². The van der Waals surface area contributed by atoms with Crippen LogP contribution in [0.15, 0.2) is 0 Å². The van der Waals surface area contributed by atoms with Gasteiger partial charge in [-0.05, 0) is 51.6 Å². The number of halogens is 1. The summed E-state index contributed by atoms with van der Waals surface area (Å²) in [4.78, 5) is 13.7. The summed E-state index contributed by atoms with van der Waals surface area (Å²) in [6, 6.07) is -0.391. The summed E-state index contributed by atoms with van der Waals surface area (Å²) in [5, 5.41) is 2.85. The summed E-state index contributed by atoms with van der Waals surface area (Å²) in [5.74, 6) is 0.804. The third-order valence-electron chi connectivity index (χ3n) is 3.36. The standard InChI is InChI=1S/C13H27N3O.ClH/c1-11-6-5-9-16(10-11)8-4-3-7-15-13(17)12(2)14;/h11-12H,3-10,14H2,1-2H3,(H,15,17);1H. The van der Waals surface area contributed by atoms with Gasteiger partial charge in [-0.15, -0.1) is 12.4 Å². The van der Waals surface area contributed by atoms with E-state index in [1.54, 1.807) is 6.92 Å². The number of nitrogens with zero attached hydrogens (tertiary/aromatic N) is 1. The lowest BCUT2D eigenvalue weighted by molar-refractivity contribution is -0.121. The first-order chi connectivity index (χ1) is 8.09. The van der Waals surface area contributed by atoms with Crippen molar-refractivity contribution in [3.8, 4) is 0 Å². The van der Waals surface area contributed by atoms with Crippen molar-refractivity contribution in [1.82, 2.24) is 10.2 Å². The van der Waals surface area contributed by atoms with E-state index in [2.05, 4.69) is 17.1 Å². The number of carbonyl (C=O) groups is 1. The highest BCUT2D eigenvalue weighted by molar-refractivity contribution is 5.85. The van der Waals surface area contributed by atoms with E-state index in [4.69, 9.17) is 5.73 Å². The molecular formula is C13H28ClN3O. The highest BCUT2D eigenvalue weighted by Gasteiger charge is 2.15. The summed E-state index contributed by atoms with van der Waals surface area (Å²) < 4.78 is 0. The van der Waals surface area contributed by atoms with Crippen LogP contribution < -0.4 is 11.1 Å². The maximum absolute atomic E-state index is 11.2. The minimum atomic E-state index is -0.391. The molecule has 1 saturated heterocycles. The van der Waals surface area contributed by atoms with Crippen LogP contribution in [0.3, 0.4) is 0 Å². The van der Waals surface area contributed by atoms with E-state index in [-0.39, 0.29) is 18.3 Å². The zero-order valence-corrected chi connectivity index (χ0v) is 12.5. The molecule has 1 heterocycles. The van der Waals surface area contributed by atoms with E-state index in [0.29, 0.717) is 0 Å². The molecule has 18 heavy (non-hydrogen) atoms. The van der Waals surface area contributed by atoms with Crippen molar-refractivity contribution < 1.29 is 4.79 Å². The first-order valence-corrected chi connectivity index (χ1v) is 6.85. The highest BCUT2D eigenvalue weighted by atomic mass is 35.5. The summed E-state index contributed by atoms with van der Waals surface area (Å²) in [5.41, 5.74) is 5.46. The van der Waals surface area contributed by atoms with E-state index in [1.165, 1.54) is 32.5 Å². The molecule has 5 heteroatoms. The van der Waals surface area contributed by atoms with Gasteiger partial charge in [0.15, 0.2) is 0 Å². The molecule has 1 amide bonds. The Bertz CT molecular complexity index is 236. The fourth-order valence-electron chi connectivity index (χ4n) is 2.32. The Morgan fingerprint density at radius 2 is 2.22 bits per heavy atom. The van der Waals surface area contributed by atoms with Crippen LogP contribution >= 0.6 is 12.4 Å². The third kappa shape index (κ3) is 7.19. The molecule has 0 aliphatic carbocycles. The van der Waals surface area contributed by atoms with E-state index < -0.39 is 6.04 Å². The molecule has 0 aromatic carbocycles. The van der Waals surface area contributed by atoms with E-state index in [1.807, 2.05) is 0 Å². The topological polar surface area (TPSA) is 58.4 Å². The number of carbonyl (C=O) groups excluding carboxylic acids is 1. The SMILES string of the molecule is CC1CCCN(CCCCNC(=O)C(C)N)C1.Cl. The Morgan fingerprint density at radius 1 is 1.50 bits per heavy atom. The maximum atomic E-state index is 11.2.